The molecule has 2 aliphatic heterocycles. The number of hydrogen-bond donors (Lipinski definition) is 8. The van der Waals surface area contributed by atoms with Gasteiger partial charge in [0.15, 0.2) is 0 Å². The van der Waals surface area contributed by atoms with E-state index in [-0.39, 0.29) is 94.6 Å². The molecular weight excluding hydrogens is 1100 g/mol. The summed E-state index contributed by atoms with van der Waals surface area (Å²) in [7, 11) is 0. The number of benzene rings is 2. The summed E-state index contributed by atoms with van der Waals surface area (Å²) in [4.78, 5) is 98.3. The van der Waals surface area contributed by atoms with Crippen LogP contribution in [0.25, 0.3) is 21.6 Å². The molecule has 0 aliphatic carbocycles. The lowest BCUT2D eigenvalue weighted by molar-refractivity contribution is -0.144. The molecule has 3 atom stereocenters. The van der Waals surface area contributed by atoms with Gasteiger partial charge in [-0.1, -0.05) is 45.0 Å². The first-order valence-electron chi connectivity index (χ1n) is 29.1. The number of piperazine rings is 1. The van der Waals surface area contributed by atoms with Gasteiger partial charge in [0, 0.05) is 125 Å². The molecule has 0 saturated carbocycles. The maximum Gasteiger partial charge on any atom is 0.253 e. The standard InChI is InChI=1S/C62H84N12O10S/c1-39(2)69-51-31-46(30-48(49(51)33-63)58(78)67-36-50-40(3)29-41(4)70-59(50)79)45-13-14-53(65-35-45)73-21-19-72(20-22-73)18-17-64-54(76)15-23-82-25-27-84-28-26-83-24-16-55(77)71-57(62(6,7)8)61(81)74-37-47(75)32-52(74)60(80)66-34-43-9-11-44(12-10-43)56-42(5)68-38-85-56/h9-14,29-31,33,35,38-39,47,52,57,63,69,75H,15-28,32,34,36-37H2,1-8H3,(H,64,76)(H,66,80)(H,67,78)(H,70,79)(H,71,77)/t47-,52+,57-/m1/s1. The number of aliphatic hydroxyl groups is 1. The van der Waals surface area contributed by atoms with Crippen LogP contribution >= 0.6 is 11.3 Å². The molecule has 2 aliphatic rings. The Morgan fingerprint density at radius 2 is 1.49 bits per heavy atom. The fourth-order valence-corrected chi connectivity index (χ4v) is 11.0. The average Bonchev–Trinajstić information content (AvgIpc) is 4.19. The third-order valence-electron chi connectivity index (χ3n) is 14.9. The van der Waals surface area contributed by atoms with E-state index in [2.05, 4.69) is 46.4 Å². The second kappa shape index (κ2) is 31.1. The van der Waals surface area contributed by atoms with E-state index >= 15 is 0 Å². The number of rotatable bonds is 29. The molecule has 22 nitrogen and oxygen atoms in total. The van der Waals surface area contributed by atoms with Crippen LogP contribution < -0.4 is 37.0 Å². The fraction of sp³-hybridized carbons (Fsp3) is 0.500. The van der Waals surface area contributed by atoms with E-state index in [0.717, 1.165) is 76.1 Å². The van der Waals surface area contributed by atoms with Crippen molar-refractivity contribution in [2.24, 2.45) is 5.41 Å². The minimum Gasteiger partial charge on any atom is -0.391 e. The Morgan fingerprint density at radius 1 is 0.824 bits per heavy atom. The first-order valence-corrected chi connectivity index (χ1v) is 30.0. The minimum atomic E-state index is -0.949. The molecule has 5 amide bonds. The van der Waals surface area contributed by atoms with Crippen LogP contribution in [0.4, 0.5) is 11.5 Å². The molecule has 0 bridgehead atoms. The van der Waals surface area contributed by atoms with Crippen molar-refractivity contribution in [3.8, 4) is 21.6 Å². The maximum atomic E-state index is 14.0. The highest BCUT2D eigenvalue weighted by Gasteiger charge is 2.44. The third kappa shape index (κ3) is 18.8. The van der Waals surface area contributed by atoms with Gasteiger partial charge in [-0.15, -0.1) is 11.3 Å². The smallest absolute Gasteiger partial charge is 0.253 e. The molecule has 0 spiro atoms. The number of aromatic amines is 1. The van der Waals surface area contributed by atoms with Crippen LogP contribution in [-0.2, 0) is 46.5 Å². The van der Waals surface area contributed by atoms with Gasteiger partial charge in [0.2, 0.25) is 23.6 Å². The highest BCUT2D eigenvalue weighted by molar-refractivity contribution is 7.13. The Hall–Kier alpha value is -7.41. The van der Waals surface area contributed by atoms with Gasteiger partial charge in [-0.25, -0.2) is 9.97 Å². The summed E-state index contributed by atoms with van der Waals surface area (Å²) in [6.07, 6.45) is 2.40. The van der Waals surface area contributed by atoms with Gasteiger partial charge >= 0.3 is 0 Å². The van der Waals surface area contributed by atoms with Crippen LogP contribution in [0, 0.1) is 31.6 Å². The van der Waals surface area contributed by atoms with Crippen LogP contribution in [0.1, 0.15) is 97.9 Å². The second-order valence-corrected chi connectivity index (χ2v) is 23.8. The number of amides is 5. The zero-order valence-electron chi connectivity index (χ0n) is 50.2. The number of aromatic nitrogens is 3. The van der Waals surface area contributed by atoms with E-state index in [1.165, 1.54) is 11.1 Å². The maximum absolute atomic E-state index is 14.0. The number of nitrogens with zero attached hydrogens (tertiary/aromatic N) is 5. The summed E-state index contributed by atoms with van der Waals surface area (Å²) >= 11 is 1.57. The number of β-amino-alcohol motifs (C(OH)–C–C–N with tert-alkyl or cyclic N) is 1. The molecule has 23 heteroatoms. The summed E-state index contributed by atoms with van der Waals surface area (Å²) in [5, 5.41) is 33.8. The van der Waals surface area contributed by atoms with Crippen molar-refractivity contribution < 1.29 is 43.3 Å². The Labute approximate surface area is 501 Å². The predicted octanol–water partition coefficient (Wildman–Crippen LogP) is 5.11. The molecule has 85 heavy (non-hydrogen) atoms. The normalized spacial score (nSPS) is 15.8. The molecule has 2 aromatic carbocycles. The van der Waals surface area contributed by atoms with E-state index in [4.69, 9.17) is 24.6 Å². The number of H-pyrrole nitrogens is 1. The first-order chi connectivity index (χ1) is 40.7. The number of likely N-dealkylation sites (tertiary alicyclic amines) is 1. The lowest BCUT2D eigenvalue weighted by Crippen LogP contribution is -2.57. The number of nitrogens with one attached hydrogen (secondary N) is 7. The van der Waals surface area contributed by atoms with Crippen molar-refractivity contribution in [3.63, 3.8) is 0 Å². The Kier molecular flexibility index (Phi) is 23.8. The number of aryl methyl sites for hydroxylation is 3. The van der Waals surface area contributed by atoms with Crippen LogP contribution in [0.3, 0.4) is 0 Å². The first kappa shape index (κ1) is 65.1. The average molecular weight is 1190 g/mol. The Bertz CT molecular complexity index is 3140. The number of carbonyl (C=O) groups is 5. The zero-order valence-corrected chi connectivity index (χ0v) is 51.0. The van der Waals surface area contributed by atoms with Crippen LogP contribution in [0.15, 0.2) is 71.1 Å². The van der Waals surface area contributed by atoms with E-state index < -0.39 is 35.4 Å². The van der Waals surface area contributed by atoms with E-state index in [1.807, 2.05) is 109 Å². The molecule has 458 valence electrons. The number of ether oxygens (including phenoxy) is 3. The molecular formula is C62H84N12O10S. The number of aliphatic hydroxyl groups excluding tert-OH is 1. The van der Waals surface area contributed by atoms with Crippen molar-refractivity contribution in [1.29, 1.82) is 5.41 Å². The molecule has 0 radical (unpaired) electrons. The van der Waals surface area contributed by atoms with Crippen molar-refractivity contribution in [2.45, 2.75) is 112 Å². The number of pyridine rings is 2. The van der Waals surface area contributed by atoms with Crippen LogP contribution in [0.2, 0.25) is 0 Å². The van der Waals surface area contributed by atoms with Gasteiger partial charge in [-0.05, 0) is 92.6 Å². The Balaban J connectivity index is 0.731. The SMILES string of the molecule is Cc1cc(C)c(CNC(=O)c2cc(-c3ccc(N4CCN(CCNC(=O)CCOCCOCCOCCC(=O)N[C@H](C(=O)N5C[C@H](O)C[C@H]5C(=O)NCc5ccc(-c6scnc6C)cc5)C(C)(C)C)CC4)nc3)cc(NC(C)C)c2C=N)c(=O)[nH]1. The van der Waals surface area contributed by atoms with Crippen molar-refractivity contribution in [3.05, 3.63) is 116 Å². The van der Waals surface area contributed by atoms with Crippen LogP contribution in [0.5, 0.6) is 0 Å². The van der Waals surface area contributed by atoms with Crippen molar-refractivity contribution in [1.82, 2.24) is 46.0 Å². The topological polar surface area (TPSA) is 286 Å². The molecule has 0 unspecified atom stereocenters. The van der Waals surface area contributed by atoms with E-state index in [1.54, 1.807) is 23.6 Å². The highest BCUT2D eigenvalue weighted by Crippen LogP contribution is 2.31. The van der Waals surface area contributed by atoms with E-state index in [0.29, 0.717) is 48.7 Å². The van der Waals surface area contributed by atoms with Gasteiger partial charge in [-0.2, -0.15) is 0 Å². The van der Waals surface area contributed by atoms with Crippen LogP contribution in [-0.4, -0.2) is 175 Å². The van der Waals surface area contributed by atoms with Crippen molar-refractivity contribution >= 4 is 58.6 Å². The molecule has 5 aromatic rings. The summed E-state index contributed by atoms with van der Waals surface area (Å²) in [5.41, 5.74) is 8.73. The number of hydrogen-bond acceptors (Lipinski definition) is 17. The Morgan fingerprint density at radius 3 is 2.11 bits per heavy atom. The monoisotopic (exact) mass is 1190 g/mol. The highest BCUT2D eigenvalue weighted by atomic mass is 32.1. The predicted molar refractivity (Wildman–Crippen MR) is 329 cm³/mol. The number of carbonyl (C=O) groups excluding carboxylic acids is 5. The lowest BCUT2D eigenvalue weighted by atomic mass is 9.85. The van der Waals surface area contributed by atoms with Gasteiger partial charge in [0.1, 0.15) is 17.9 Å². The van der Waals surface area contributed by atoms with Crippen molar-refractivity contribution in [2.75, 3.05) is 95.7 Å². The molecule has 7 rings (SSSR count). The lowest BCUT2D eigenvalue weighted by Gasteiger charge is -2.35. The summed E-state index contributed by atoms with van der Waals surface area (Å²) < 4.78 is 16.8. The largest absolute Gasteiger partial charge is 0.391 e. The summed E-state index contributed by atoms with van der Waals surface area (Å²) in [6.45, 7) is 21.2. The molecule has 8 N–H and O–H groups in total. The number of thiazole rings is 1. The van der Waals surface area contributed by atoms with Gasteiger partial charge in [0.25, 0.3) is 11.5 Å². The third-order valence-corrected chi connectivity index (χ3v) is 15.8. The molecule has 2 fully saturated rings. The molecule has 2 saturated heterocycles. The molecule has 3 aromatic heterocycles. The summed E-state index contributed by atoms with van der Waals surface area (Å²) in [5.74, 6) is -0.854. The number of anilines is 2. The van der Waals surface area contributed by atoms with E-state index in [9.17, 15) is 33.9 Å². The zero-order chi connectivity index (χ0) is 61.2. The summed E-state index contributed by atoms with van der Waals surface area (Å²) in [6, 6.07) is 15.6. The minimum absolute atomic E-state index is 0.00321. The molecule has 5 heterocycles. The quantitative estimate of drug-likeness (QED) is 0.0228. The van der Waals surface area contributed by atoms with Gasteiger partial charge < -0.3 is 66.1 Å². The van der Waals surface area contributed by atoms with Gasteiger partial charge in [-0.3, -0.25) is 33.7 Å². The van der Waals surface area contributed by atoms with Gasteiger partial charge in [0.05, 0.1) is 67.4 Å². The second-order valence-electron chi connectivity index (χ2n) is 22.9. The fourth-order valence-electron chi connectivity index (χ4n) is 10.2.